The van der Waals surface area contributed by atoms with Crippen LogP contribution >= 0.6 is 0 Å². The Kier molecular flexibility index (Phi) is 5.05. The zero-order valence-electron chi connectivity index (χ0n) is 11.2. The van der Waals surface area contributed by atoms with Gasteiger partial charge >= 0.3 is 12.3 Å². The molecule has 0 aliphatic heterocycles. The van der Waals surface area contributed by atoms with Crippen molar-refractivity contribution in [2.45, 2.75) is 69.4 Å². The third kappa shape index (κ3) is 4.26. The highest BCUT2D eigenvalue weighted by Crippen LogP contribution is 2.26. The van der Waals surface area contributed by atoms with Gasteiger partial charge in [-0.25, -0.2) is 9.59 Å². The maximum absolute atomic E-state index is 11.6. The summed E-state index contributed by atoms with van der Waals surface area (Å²) in [4.78, 5) is 22.0. The highest BCUT2D eigenvalue weighted by Gasteiger charge is 2.32. The van der Waals surface area contributed by atoms with Crippen LogP contribution in [0.4, 0.5) is 9.59 Å². The molecule has 2 fully saturated rings. The van der Waals surface area contributed by atoms with E-state index in [9.17, 15) is 14.7 Å². The molecule has 2 saturated carbocycles. The summed E-state index contributed by atoms with van der Waals surface area (Å²) in [7, 11) is 0. The van der Waals surface area contributed by atoms with Crippen LogP contribution in [0.5, 0.6) is 0 Å². The Morgan fingerprint density at radius 1 is 0.900 bits per heavy atom. The molecule has 0 bridgehead atoms. The number of ether oxygens (including phenoxy) is 3. The van der Waals surface area contributed by atoms with Crippen LogP contribution in [0, 0.1) is 0 Å². The zero-order valence-corrected chi connectivity index (χ0v) is 11.2. The first-order valence-electron chi connectivity index (χ1n) is 6.99. The number of aliphatic hydroxyl groups excluding tert-OH is 1. The highest BCUT2D eigenvalue weighted by molar-refractivity contribution is 5.60. The van der Waals surface area contributed by atoms with E-state index in [1.54, 1.807) is 0 Å². The summed E-state index contributed by atoms with van der Waals surface area (Å²) >= 11 is 0. The number of carboxylic acid groups (broad SMARTS) is 1. The first kappa shape index (κ1) is 14.9. The Bertz CT molecular complexity index is 357. The van der Waals surface area contributed by atoms with E-state index in [1.165, 1.54) is 0 Å². The Balaban J connectivity index is 1.71. The lowest BCUT2D eigenvalue weighted by molar-refractivity contribution is -0.0597. The Hall–Kier alpha value is -1.50. The van der Waals surface area contributed by atoms with Crippen LogP contribution in [0.3, 0.4) is 0 Å². The lowest BCUT2D eigenvalue weighted by atomic mass is 9.95. The first-order valence-corrected chi connectivity index (χ1v) is 6.99. The lowest BCUT2D eigenvalue weighted by Crippen LogP contribution is -2.35. The number of aliphatic hydroxyl groups is 1. The van der Waals surface area contributed by atoms with Gasteiger partial charge in [0.2, 0.25) is 0 Å². The molecule has 4 atom stereocenters. The molecule has 20 heavy (non-hydrogen) atoms. The summed E-state index contributed by atoms with van der Waals surface area (Å²) in [5, 5.41) is 18.2. The summed E-state index contributed by atoms with van der Waals surface area (Å²) in [6, 6.07) is 0. The third-order valence-corrected chi connectivity index (χ3v) is 3.78. The van der Waals surface area contributed by atoms with E-state index in [4.69, 9.17) is 14.6 Å². The van der Waals surface area contributed by atoms with E-state index >= 15 is 0 Å². The Labute approximate surface area is 116 Å². The molecule has 2 rings (SSSR count). The van der Waals surface area contributed by atoms with Crippen LogP contribution in [0.15, 0.2) is 0 Å². The quantitative estimate of drug-likeness (QED) is 0.766. The van der Waals surface area contributed by atoms with Crippen molar-refractivity contribution >= 4 is 12.3 Å². The van der Waals surface area contributed by atoms with Crippen molar-refractivity contribution in [3.8, 4) is 0 Å². The fourth-order valence-electron chi connectivity index (χ4n) is 2.76. The van der Waals surface area contributed by atoms with Gasteiger partial charge in [0.05, 0.1) is 6.10 Å². The minimum absolute atomic E-state index is 0.356. The molecule has 0 aromatic carbocycles. The molecular formula is C13H20O7. The molecule has 2 aliphatic carbocycles. The van der Waals surface area contributed by atoms with E-state index in [0.29, 0.717) is 32.1 Å². The molecule has 0 aromatic heterocycles. The Morgan fingerprint density at radius 3 is 2.20 bits per heavy atom. The number of carbonyl (C=O) groups is 2. The average Bonchev–Trinajstić information content (AvgIpc) is 2.78. The molecule has 0 amide bonds. The van der Waals surface area contributed by atoms with Crippen LogP contribution in [0.25, 0.3) is 0 Å². The molecular weight excluding hydrogens is 268 g/mol. The van der Waals surface area contributed by atoms with Gasteiger partial charge in [-0.15, -0.1) is 0 Å². The van der Waals surface area contributed by atoms with Gasteiger partial charge in [-0.1, -0.05) is 6.42 Å². The van der Waals surface area contributed by atoms with Crippen molar-refractivity contribution in [2.75, 3.05) is 0 Å². The van der Waals surface area contributed by atoms with Gasteiger partial charge in [-0.2, -0.15) is 0 Å². The van der Waals surface area contributed by atoms with Crippen LogP contribution in [0.1, 0.15) is 44.9 Å². The number of hydrogen-bond acceptors (Lipinski definition) is 6. The normalized spacial score (nSPS) is 33.5. The van der Waals surface area contributed by atoms with Crippen molar-refractivity contribution in [2.24, 2.45) is 0 Å². The fraction of sp³-hybridized carbons (Fsp3) is 0.846. The third-order valence-electron chi connectivity index (χ3n) is 3.78. The molecule has 7 nitrogen and oxygen atoms in total. The number of carbonyl (C=O) groups excluding carboxylic acids is 1. The SMILES string of the molecule is O=C(O)OC1CCC(OC(=O)OC2CCCCC2O)C1. The van der Waals surface area contributed by atoms with Crippen LogP contribution in [0.2, 0.25) is 0 Å². The molecule has 0 saturated heterocycles. The minimum Gasteiger partial charge on any atom is -0.450 e. The lowest BCUT2D eigenvalue weighted by Gasteiger charge is -2.27. The Morgan fingerprint density at radius 2 is 1.55 bits per heavy atom. The predicted octanol–water partition coefficient (Wildman–Crippen LogP) is 2.06. The molecule has 0 aromatic rings. The molecule has 4 unspecified atom stereocenters. The van der Waals surface area contributed by atoms with E-state index in [1.807, 2.05) is 0 Å². The largest absolute Gasteiger partial charge is 0.508 e. The van der Waals surface area contributed by atoms with E-state index in [2.05, 4.69) is 4.74 Å². The van der Waals surface area contributed by atoms with Crippen molar-refractivity contribution in [1.82, 2.24) is 0 Å². The second-order valence-corrected chi connectivity index (χ2v) is 5.32. The molecule has 0 radical (unpaired) electrons. The first-order chi connectivity index (χ1) is 9.54. The van der Waals surface area contributed by atoms with Gasteiger partial charge in [0.15, 0.2) is 0 Å². The van der Waals surface area contributed by atoms with Gasteiger partial charge in [0, 0.05) is 6.42 Å². The molecule has 2 N–H and O–H groups in total. The minimum atomic E-state index is -1.32. The standard InChI is InChI=1S/C13H20O7/c14-10-3-1-2-4-11(10)20-13(17)19-9-6-5-8(7-9)18-12(15)16/h8-11,14H,1-7H2,(H,15,16). The molecule has 7 heteroatoms. The number of hydrogen-bond donors (Lipinski definition) is 2. The predicted molar refractivity (Wildman–Crippen MR) is 66.4 cm³/mol. The average molecular weight is 288 g/mol. The summed E-state index contributed by atoms with van der Waals surface area (Å²) in [6.07, 6.45) is 0.553. The van der Waals surface area contributed by atoms with Gasteiger partial charge in [0.25, 0.3) is 0 Å². The van der Waals surface area contributed by atoms with Crippen molar-refractivity contribution in [3.05, 3.63) is 0 Å². The van der Waals surface area contributed by atoms with E-state index < -0.39 is 30.6 Å². The maximum Gasteiger partial charge on any atom is 0.508 e. The summed E-state index contributed by atoms with van der Waals surface area (Å²) < 4.78 is 14.9. The molecule has 114 valence electrons. The molecule has 2 aliphatic rings. The number of rotatable bonds is 3. The van der Waals surface area contributed by atoms with Crippen molar-refractivity contribution in [3.63, 3.8) is 0 Å². The van der Waals surface area contributed by atoms with Crippen molar-refractivity contribution < 1.29 is 34.0 Å². The molecule has 0 heterocycles. The van der Waals surface area contributed by atoms with Crippen LogP contribution in [-0.4, -0.2) is 46.9 Å². The van der Waals surface area contributed by atoms with Gasteiger partial charge < -0.3 is 24.4 Å². The summed E-state index contributed by atoms with van der Waals surface area (Å²) in [5.74, 6) is 0. The van der Waals surface area contributed by atoms with Crippen LogP contribution in [-0.2, 0) is 14.2 Å². The second-order valence-electron chi connectivity index (χ2n) is 5.32. The zero-order chi connectivity index (χ0) is 14.5. The topological polar surface area (TPSA) is 102 Å². The highest BCUT2D eigenvalue weighted by atomic mass is 16.7. The smallest absolute Gasteiger partial charge is 0.450 e. The van der Waals surface area contributed by atoms with E-state index in [0.717, 1.165) is 12.8 Å². The second kappa shape index (κ2) is 6.78. The maximum atomic E-state index is 11.6. The van der Waals surface area contributed by atoms with E-state index in [-0.39, 0.29) is 6.10 Å². The molecule has 0 spiro atoms. The van der Waals surface area contributed by atoms with Crippen molar-refractivity contribution in [1.29, 1.82) is 0 Å². The van der Waals surface area contributed by atoms with Crippen LogP contribution < -0.4 is 0 Å². The summed E-state index contributed by atoms with van der Waals surface area (Å²) in [5.41, 5.74) is 0. The van der Waals surface area contributed by atoms with Gasteiger partial charge in [-0.3, -0.25) is 0 Å². The van der Waals surface area contributed by atoms with Gasteiger partial charge in [-0.05, 0) is 32.1 Å². The van der Waals surface area contributed by atoms with Gasteiger partial charge in [0.1, 0.15) is 18.3 Å². The fourth-order valence-corrected chi connectivity index (χ4v) is 2.76. The monoisotopic (exact) mass is 288 g/mol. The summed E-state index contributed by atoms with van der Waals surface area (Å²) in [6.45, 7) is 0.